The van der Waals surface area contributed by atoms with Gasteiger partial charge in [0, 0.05) is 37.9 Å². The van der Waals surface area contributed by atoms with Crippen molar-refractivity contribution in [3.8, 4) is 0 Å². The first-order chi connectivity index (χ1) is 9.02. The number of alkyl halides is 1. The molecule has 0 aromatic rings. The highest BCUT2D eigenvalue weighted by Crippen LogP contribution is 2.13. The monoisotopic (exact) mass is 288 g/mol. The van der Waals surface area contributed by atoms with Gasteiger partial charge in [-0.05, 0) is 25.2 Å². The summed E-state index contributed by atoms with van der Waals surface area (Å²) in [7, 11) is 0. The standard InChI is InChI=1S/C14H25ClN2O2/c1-11(2)10-13(18)16-12-5-8-17(9-6-12)14(19)4-3-7-15/h11-12H,3-10H2,1-2H3,(H,16,18). The van der Waals surface area contributed by atoms with E-state index in [-0.39, 0.29) is 17.9 Å². The highest BCUT2D eigenvalue weighted by Gasteiger charge is 2.23. The van der Waals surface area contributed by atoms with E-state index in [1.165, 1.54) is 0 Å². The largest absolute Gasteiger partial charge is 0.353 e. The lowest BCUT2D eigenvalue weighted by atomic mass is 10.0. The van der Waals surface area contributed by atoms with Crippen LogP contribution in [0.1, 0.15) is 46.0 Å². The molecule has 1 saturated heterocycles. The molecule has 0 radical (unpaired) electrons. The van der Waals surface area contributed by atoms with Gasteiger partial charge in [-0.3, -0.25) is 9.59 Å². The zero-order valence-electron chi connectivity index (χ0n) is 12.0. The SMILES string of the molecule is CC(C)CC(=O)NC1CCN(C(=O)CCCCl)CC1. The Bertz CT molecular complexity index is 300. The molecule has 1 aliphatic rings. The van der Waals surface area contributed by atoms with Crippen molar-refractivity contribution in [3.63, 3.8) is 0 Å². The molecule has 1 rings (SSSR count). The van der Waals surface area contributed by atoms with Crippen molar-refractivity contribution in [2.45, 2.75) is 52.0 Å². The third-order valence-corrected chi connectivity index (χ3v) is 3.60. The number of piperidine rings is 1. The van der Waals surface area contributed by atoms with Gasteiger partial charge >= 0.3 is 0 Å². The number of rotatable bonds is 6. The van der Waals surface area contributed by atoms with E-state index in [1.54, 1.807) is 0 Å². The maximum atomic E-state index is 11.8. The van der Waals surface area contributed by atoms with E-state index < -0.39 is 0 Å². The minimum atomic E-state index is 0.127. The number of hydrogen-bond acceptors (Lipinski definition) is 2. The first kappa shape index (κ1) is 16.3. The third-order valence-electron chi connectivity index (χ3n) is 3.33. The fourth-order valence-corrected chi connectivity index (χ4v) is 2.44. The molecule has 1 heterocycles. The predicted octanol–water partition coefficient (Wildman–Crippen LogP) is 2.16. The molecule has 0 atom stereocenters. The van der Waals surface area contributed by atoms with Crippen molar-refractivity contribution in [1.29, 1.82) is 0 Å². The number of nitrogens with zero attached hydrogens (tertiary/aromatic N) is 1. The second-order valence-corrected chi connectivity index (χ2v) is 5.99. The summed E-state index contributed by atoms with van der Waals surface area (Å²) in [4.78, 5) is 25.4. The number of likely N-dealkylation sites (tertiary alicyclic amines) is 1. The Morgan fingerprint density at radius 1 is 1.32 bits per heavy atom. The fraction of sp³-hybridized carbons (Fsp3) is 0.857. The van der Waals surface area contributed by atoms with E-state index in [0.29, 0.717) is 24.6 Å². The van der Waals surface area contributed by atoms with Crippen LogP contribution < -0.4 is 5.32 Å². The summed E-state index contributed by atoms with van der Waals surface area (Å²) in [6, 6.07) is 0.225. The first-order valence-corrected chi connectivity index (χ1v) is 7.69. The molecule has 110 valence electrons. The Kier molecular flexibility index (Phi) is 7.21. The average molecular weight is 289 g/mol. The van der Waals surface area contributed by atoms with Crippen molar-refractivity contribution >= 4 is 23.4 Å². The zero-order valence-corrected chi connectivity index (χ0v) is 12.7. The van der Waals surface area contributed by atoms with Crippen LogP contribution in [-0.2, 0) is 9.59 Å². The van der Waals surface area contributed by atoms with E-state index in [0.717, 1.165) is 32.4 Å². The van der Waals surface area contributed by atoms with E-state index in [1.807, 2.05) is 18.7 Å². The van der Waals surface area contributed by atoms with Crippen molar-refractivity contribution in [2.75, 3.05) is 19.0 Å². The molecule has 1 N–H and O–H groups in total. The van der Waals surface area contributed by atoms with Gasteiger partial charge in [0.2, 0.25) is 11.8 Å². The van der Waals surface area contributed by atoms with E-state index in [9.17, 15) is 9.59 Å². The molecule has 4 nitrogen and oxygen atoms in total. The Labute approximate surface area is 120 Å². The summed E-state index contributed by atoms with van der Waals surface area (Å²) >= 11 is 5.59. The van der Waals surface area contributed by atoms with Gasteiger partial charge in [-0.2, -0.15) is 0 Å². The quantitative estimate of drug-likeness (QED) is 0.762. The second-order valence-electron chi connectivity index (χ2n) is 5.61. The van der Waals surface area contributed by atoms with Gasteiger partial charge in [0.25, 0.3) is 0 Å². The normalized spacial score (nSPS) is 16.7. The molecule has 5 heteroatoms. The highest BCUT2D eigenvalue weighted by atomic mass is 35.5. The van der Waals surface area contributed by atoms with Crippen LogP contribution in [0.3, 0.4) is 0 Å². The van der Waals surface area contributed by atoms with Crippen LogP contribution >= 0.6 is 11.6 Å². The van der Waals surface area contributed by atoms with Crippen LogP contribution in [0, 0.1) is 5.92 Å². The van der Waals surface area contributed by atoms with Gasteiger partial charge < -0.3 is 10.2 Å². The molecule has 0 aliphatic carbocycles. The van der Waals surface area contributed by atoms with E-state index in [2.05, 4.69) is 5.32 Å². The summed E-state index contributed by atoms with van der Waals surface area (Å²) in [6.07, 6.45) is 3.57. The maximum Gasteiger partial charge on any atom is 0.222 e. The van der Waals surface area contributed by atoms with Gasteiger partial charge in [0.1, 0.15) is 0 Å². The minimum Gasteiger partial charge on any atom is -0.353 e. The Hall–Kier alpha value is -0.770. The molecular weight excluding hydrogens is 264 g/mol. The van der Waals surface area contributed by atoms with E-state index in [4.69, 9.17) is 11.6 Å². The van der Waals surface area contributed by atoms with Crippen LogP contribution in [0.2, 0.25) is 0 Å². The van der Waals surface area contributed by atoms with Gasteiger partial charge in [0.15, 0.2) is 0 Å². The number of carbonyl (C=O) groups excluding carboxylic acids is 2. The van der Waals surface area contributed by atoms with Crippen LogP contribution in [0.25, 0.3) is 0 Å². The van der Waals surface area contributed by atoms with Crippen LogP contribution in [-0.4, -0.2) is 41.7 Å². The van der Waals surface area contributed by atoms with Gasteiger partial charge in [0.05, 0.1) is 0 Å². The van der Waals surface area contributed by atoms with Gasteiger partial charge in [-0.1, -0.05) is 13.8 Å². The lowest BCUT2D eigenvalue weighted by molar-refractivity contribution is -0.132. The lowest BCUT2D eigenvalue weighted by Gasteiger charge is -2.32. The summed E-state index contributed by atoms with van der Waals surface area (Å²) in [5, 5.41) is 3.05. The molecule has 1 aliphatic heterocycles. The molecule has 0 spiro atoms. The van der Waals surface area contributed by atoms with Crippen molar-refractivity contribution in [3.05, 3.63) is 0 Å². The molecule has 19 heavy (non-hydrogen) atoms. The number of amides is 2. The molecule has 0 bridgehead atoms. The predicted molar refractivity (Wildman–Crippen MR) is 77.2 cm³/mol. The van der Waals surface area contributed by atoms with E-state index >= 15 is 0 Å². The number of nitrogens with one attached hydrogen (secondary N) is 1. The third kappa shape index (κ3) is 6.28. The Morgan fingerprint density at radius 2 is 1.95 bits per heavy atom. The first-order valence-electron chi connectivity index (χ1n) is 7.16. The minimum absolute atomic E-state index is 0.127. The van der Waals surface area contributed by atoms with Gasteiger partial charge in [-0.25, -0.2) is 0 Å². The van der Waals surface area contributed by atoms with Crippen LogP contribution in [0.15, 0.2) is 0 Å². The number of carbonyl (C=O) groups is 2. The summed E-state index contributed by atoms with van der Waals surface area (Å²) < 4.78 is 0. The average Bonchev–Trinajstić information content (AvgIpc) is 2.35. The lowest BCUT2D eigenvalue weighted by Crippen LogP contribution is -2.46. The molecular formula is C14H25ClN2O2. The summed E-state index contributed by atoms with van der Waals surface area (Å²) in [5.41, 5.74) is 0. The van der Waals surface area contributed by atoms with Crippen molar-refractivity contribution < 1.29 is 9.59 Å². The van der Waals surface area contributed by atoms with Crippen LogP contribution in [0.4, 0.5) is 0 Å². The van der Waals surface area contributed by atoms with Crippen molar-refractivity contribution in [2.24, 2.45) is 5.92 Å². The molecule has 1 fully saturated rings. The Balaban J connectivity index is 2.25. The number of halogens is 1. The molecule has 0 saturated carbocycles. The van der Waals surface area contributed by atoms with Crippen LogP contribution in [0.5, 0.6) is 0 Å². The summed E-state index contributed by atoms with van der Waals surface area (Å²) in [6.45, 7) is 5.57. The van der Waals surface area contributed by atoms with Gasteiger partial charge in [-0.15, -0.1) is 11.6 Å². The molecule has 0 aromatic carbocycles. The second kappa shape index (κ2) is 8.41. The smallest absolute Gasteiger partial charge is 0.222 e. The zero-order chi connectivity index (χ0) is 14.3. The maximum absolute atomic E-state index is 11.8. The fourth-order valence-electron chi connectivity index (χ4n) is 2.31. The Morgan fingerprint density at radius 3 is 2.47 bits per heavy atom. The molecule has 0 aromatic heterocycles. The molecule has 0 unspecified atom stereocenters. The number of hydrogen-bond donors (Lipinski definition) is 1. The van der Waals surface area contributed by atoms with Crippen molar-refractivity contribution in [1.82, 2.24) is 10.2 Å². The molecule has 2 amide bonds. The summed E-state index contributed by atoms with van der Waals surface area (Å²) in [5.74, 6) is 1.24. The topological polar surface area (TPSA) is 49.4 Å². The highest BCUT2D eigenvalue weighted by molar-refractivity contribution is 6.17.